The summed E-state index contributed by atoms with van der Waals surface area (Å²) >= 11 is 0. The minimum atomic E-state index is -5.08. The van der Waals surface area contributed by atoms with Gasteiger partial charge in [0, 0.05) is 41.3 Å². The van der Waals surface area contributed by atoms with E-state index in [2.05, 4.69) is 12.2 Å². The zero-order valence-electron chi connectivity index (χ0n) is 8.93. The Morgan fingerprint density at radius 3 is 1.94 bits per heavy atom. The Bertz CT molecular complexity index is 276. The molecule has 0 aromatic rings. The smallest absolute Gasteiger partial charge is 0.475 e. The summed E-state index contributed by atoms with van der Waals surface area (Å²) in [6, 6.07) is 0. The second-order valence-electron chi connectivity index (χ2n) is 3.93. The molecule has 0 amide bonds. The highest BCUT2D eigenvalue weighted by Crippen LogP contribution is 2.21. The molecule has 1 aliphatic rings. The molecule has 96 valence electrons. The van der Waals surface area contributed by atoms with Gasteiger partial charge in [-0.25, -0.2) is 4.79 Å². The van der Waals surface area contributed by atoms with Crippen LogP contribution in [0.15, 0.2) is 0 Å². The maximum Gasteiger partial charge on any atom is 0.490 e. The highest BCUT2D eigenvalue weighted by Gasteiger charge is 2.38. The van der Waals surface area contributed by atoms with Crippen LogP contribution in [-0.2, 0) is 15.6 Å². The third-order valence-electron chi connectivity index (χ3n) is 1.90. The van der Waals surface area contributed by atoms with E-state index in [1.54, 1.807) is 6.26 Å². The summed E-state index contributed by atoms with van der Waals surface area (Å²) in [4.78, 5) is 8.90. The summed E-state index contributed by atoms with van der Waals surface area (Å²) in [5.74, 6) is -1.91. The SMILES string of the molecule is CS(=O)CC1(C)CNC1.O=C(O)C(F)(F)F. The molecule has 1 atom stereocenters. The van der Waals surface area contributed by atoms with Crippen molar-refractivity contribution in [2.75, 3.05) is 25.1 Å². The van der Waals surface area contributed by atoms with E-state index in [-0.39, 0.29) is 0 Å². The number of carboxylic acid groups (broad SMARTS) is 1. The van der Waals surface area contributed by atoms with Crippen LogP contribution < -0.4 is 5.32 Å². The van der Waals surface area contributed by atoms with Crippen LogP contribution >= 0.6 is 0 Å². The fraction of sp³-hybridized carbons (Fsp3) is 0.875. The molecule has 0 aromatic carbocycles. The van der Waals surface area contributed by atoms with Gasteiger partial charge in [0.05, 0.1) is 0 Å². The van der Waals surface area contributed by atoms with Crippen LogP contribution in [0.5, 0.6) is 0 Å². The lowest BCUT2D eigenvalue weighted by atomic mass is 9.87. The Balaban J connectivity index is 0.000000293. The molecule has 0 saturated carbocycles. The van der Waals surface area contributed by atoms with Gasteiger partial charge in [0.15, 0.2) is 0 Å². The minimum Gasteiger partial charge on any atom is -0.475 e. The Labute approximate surface area is 93.7 Å². The number of alkyl halides is 3. The predicted octanol–water partition coefficient (Wildman–Crippen LogP) is 0.608. The average molecular weight is 261 g/mol. The van der Waals surface area contributed by atoms with Crippen molar-refractivity contribution in [3.63, 3.8) is 0 Å². The van der Waals surface area contributed by atoms with Crippen molar-refractivity contribution in [1.82, 2.24) is 5.32 Å². The Kier molecular flexibility index (Phi) is 5.40. The first-order chi connectivity index (χ1) is 7.07. The molecular weight excluding hydrogens is 247 g/mol. The second-order valence-corrected chi connectivity index (χ2v) is 5.37. The Morgan fingerprint density at radius 1 is 1.50 bits per heavy atom. The van der Waals surface area contributed by atoms with Crippen LogP contribution in [0, 0.1) is 5.41 Å². The molecule has 8 heteroatoms. The quantitative estimate of drug-likeness (QED) is 0.764. The molecule has 16 heavy (non-hydrogen) atoms. The van der Waals surface area contributed by atoms with Crippen LogP contribution in [0.2, 0.25) is 0 Å². The van der Waals surface area contributed by atoms with Gasteiger partial charge in [0.1, 0.15) is 0 Å². The highest BCUT2D eigenvalue weighted by atomic mass is 32.2. The van der Waals surface area contributed by atoms with Gasteiger partial charge in [-0.15, -0.1) is 0 Å². The van der Waals surface area contributed by atoms with E-state index in [0.29, 0.717) is 5.41 Å². The van der Waals surface area contributed by atoms with Crippen LogP contribution in [-0.4, -0.2) is 46.6 Å². The van der Waals surface area contributed by atoms with Crippen LogP contribution in [0.25, 0.3) is 0 Å². The van der Waals surface area contributed by atoms with Gasteiger partial charge < -0.3 is 10.4 Å². The van der Waals surface area contributed by atoms with E-state index in [0.717, 1.165) is 18.8 Å². The molecule has 4 nitrogen and oxygen atoms in total. The maximum absolute atomic E-state index is 10.7. The first kappa shape index (κ1) is 15.4. The number of nitrogens with one attached hydrogen (secondary N) is 1. The lowest BCUT2D eigenvalue weighted by molar-refractivity contribution is -0.192. The van der Waals surface area contributed by atoms with E-state index in [9.17, 15) is 17.4 Å². The van der Waals surface area contributed by atoms with Crippen molar-refractivity contribution in [2.24, 2.45) is 5.41 Å². The maximum atomic E-state index is 10.7. The largest absolute Gasteiger partial charge is 0.490 e. The van der Waals surface area contributed by atoms with Crippen molar-refractivity contribution >= 4 is 16.8 Å². The molecule has 2 N–H and O–H groups in total. The zero-order valence-corrected chi connectivity index (χ0v) is 9.74. The molecule has 0 aromatic heterocycles. The molecule has 1 heterocycles. The lowest BCUT2D eigenvalue weighted by Crippen LogP contribution is -2.54. The number of hydrogen-bond donors (Lipinski definition) is 2. The number of aliphatic carboxylic acids is 1. The minimum absolute atomic E-state index is 0.333. The van der Waals surface area contributed by atoms with Gasteiger partial charge in [-0.1, -0.05) is 6.92 Å². The molecule has 0 spiro atoms. The second kappa shape index (κ2) is 5.62. The number of carboxylic acids is 1. The molecule has 1 fully saturated rings. The molecular formula is C8H14F3NO3S. The first-order valence-electron chi connectivity index (χ1n) is 4.38. The van der Waals surface area contributed by atoms with Crippen molar-refractivity contribution < 1.29 is 27.3 Å². The predicted molar refractivity (Wildman–Crippen MR) is 53.6 cm³/mol. The van der Waals surface area contributed by atoms with Gasteiger partial charge in [-0.3, -0.25) is 4.21 Å². The van der Waals surface area contributed by atoms with Crippen molar-refractivity contribution in [3.05, 3.63) is 0 Å². The summed E-state index contributed by atoms with van der Waals surface area (Å²) < 4.78 is 42.5. The Morgan fingerprint density at radius 2 is 1.88 bits per heavy atom. The number of hydrogen-bond acceptors (Lipinski definition) is 3. The number of carbonyl (C=O) groups is 1. The molecule has 0 bridgehead atoms. The van der Waals surface area contributed by atoms with Gasteiger partial charge >= 0.3 is 12.1 Å². The number of halogens is 3. The average Bonchev–Trinajstić information content (AvgIpc) is 1.99. The molecule has 1 aliphatic heterocycles. The third-order valence-corrected chi connectivity index (χ3v) is 3.00. The summed E-state index contributed by atoms with van der Waals surface area (Å²) in [6.07, 6.45) is -3.32. The lowest BCUT2D eigenvalue weighted by Gasteiger charge is -2.38. The van der Waals surface area contributed by atoms with Crippen LogP contribution in [0.4, 0.5) is 13.2 Å². The van der Waals surface area contributed by atoms with E-state index >= 15 is 0 Å². The molecule has 1 unspecified atom stereocenters. The van der Waals surface area contributed by atoms with E-state index in [1.165, 1.54) is 0 Å². The third kappa shape index (κ3) is 6.06. The van der Waals surface area contributed by atoms with Crippen molar-refractivity contribution in [3.8, 4) is 0 Å². The first-order valence-corrected chi connectivity index (χ1v) is 6.10. The van der Waals surface area contributed by atoms with E-state index in [1.807, 2.05) is 0 Å². The molecule has 1 rings (SSSR count). The summed E-state index contributed by atoms with van der Waals surface area (Å²) in [5, 5.41) is 10.3. The normalized spacial score (nSPS) is 20.1. The zero-order chi connectivity index (χ0) is 13.0. The van der Waals surface area contributed by atoms with Crippen LogP contribution in [0.3, 0.4) is 0 Å². The molecule has 1 saturated heterocycles. The van der Waals surface area contributed by atoms with Crippen molar-refractivity contribution in [1.29, 1.82) is 0 Å². The topological polar surface area (TPSA) is 66.4 Å². The molecule has 0 aliphatic carbocycles. The monoisotopic (exact) mass is 261 g/mol. The molecule has 0 radical (unpaired) electrons. The number of rotatable bonds is 2. The summed E-state index contributed by atoms with van der Waals surface area (Å²) in [7, 11) is -0.624. The van der Waals surface area contributed by atoms with Gasteiger partial charge in [-0.2, -0.15) is 13.2 Å². The van der Waals surface area contributed by atoms with Crippen molar-refractivity contribution in [2.45, 2.75) is 13.1 Å². The highest BCUT2D eigenvalue weighted by molar-refractivity contribution is 7.84. The Hall–Kier alpha value is -0.630. The van der Waals surface area contributed by atoms with E-state index in [4.69, 9.17) is 9.90 Å². The summed E-state index contributed by atoms with van der Waals surface area (Å²) in [6.45, 7) is 4.24. The fourth-order valence-electron chi connectivity index (χ4n) is 1.14. The fourth-order valence-corrected chi connectivity index (χ4v) is 2.33. The standard InChI is InChI=1S/C6H13NOS.C2HF3O2/c1-6(3-7-4-6)5-9(2)8;3-2(4,5)1(6)7/h7H,3-5H2,1-2H3;(H,6,7). The van der Waals surface area contributed by atoms with Crippen LogP contribution in [0.1, 0.15) is 6.92 Å². The summed E-state index contributed by atoms with van der Waals surface area (Å²) in [5.41, 5.74) is 0.333. The van der Waals surface area contributed by atoms with Gasteiger partial charge in [0.2, 0.25) is 0 Å². The van der Waals surface area contributed by atoms with E-state index < -0.39 is 22.9 Å². The van der Waals surface area contributed by atoms with Gasteiger partial charge in [0.25, 0.3) is 0 Å². The van der Waals surface area contributed by atoms with Gasteiger partial charge in [-0.05, 0) is 0 Å².